The van der Waals surface area contributed by atoms with Crippen molar-refractivity contribution in [2.24, 2.45) is 0 Å². The van der Waals surface area contributed by atoms with Crippen molar-refractivity contribution in [3.05, 3.63) is 155 Å². The second kappa shape index (κ2) is 14.2. The number of rotatable bonds is 10. The number of nitrogens with zero attached hydrogens (tertiary/aromatic N) is 8. The molecule has 0 amide bonds. The summed E-state index contributed by atoms with van der Waals surface area (Å²) >= 11 is 0. The summed E-state index contributed by atoms with van der Waals surface area (Å²) in [6, 6.07) is 35.0. The molecule has 0 bridgehead atoms. The van der Waals surface area contributed by atoms with Gasteiger partial charge in [-0.1, -0.05) is 95.2 Å². The molecule has 14 nitrogen and oxygen atoms in total. The Kier molecular flexibility index (Phi) is 8.80. The van der Waals surface area contributed by atoms with Gasteiger partial charge in [0.25, 0.3) is 10.2 Å². The van der Waals surface area contributed by atoms with Gasteiger partial charge in [-0.3, -0.25) is 0 Å². The van der Waals surface area contributed by atoms with E-state index in [2.05, 4.69) is 20.3 Å². The van der Waals surface area contributed by atoms with Crippen molar-refractivity contribution < 1.29 is 17.5 Å². The van der Waals surface area contributed by atoms with Crippen LogP contribution in [0.15, 0.2) is 118 Å². The van der Waals surface area contributed by atoms with E-state index in [1.165, 1.54) is 8.61 Å². The van der Waals surface area contributed by atoms with Crippen LogP contribution in [0.5, 0.6) is 0 Å². The number of nitrogens with one attached hydrogen (secondary N) is 2. The average molecular weight is 781 g/mol. The summed E-state index contributed by atoms with van der Waals surface area (Å²) in [6.45, 7) is 0.361. The first-order chi connectivity index (χ1) is 27.9. The number of aromatic nitrogens is 8. The van der Waals surface area contributed by atoms with E-state index >= 15 is 8.42 Å². The topological polar surface area (TPSA) is 176 Å². The van der Waals surface area contributed by atoms with Gasteiger partial charge in [-0.25, -0.2) is 9.97 Å². The zero-order chi connectivity index (χ0) is 38.5. The number of hydrogen-bond donors (Lipinski definition) is 2. The van der Waals surface area contributed by atoms with Gasteiger partial charge in [0, 0.05) is 13.1 Å². The Bertz CT molecular complexity index is 2530. The van der Waals surface area contributed by atoms with Crippen LogP contribution in [0.2, 0.25) is 0 Å². The number of aromatic amines is 2. The summed E-state index contributed by atoms with van der Waals surface area (Å²) in [4.78, 5) is 27.0. The lowest BCUT2D eigenvalue weighted by atomic mass is 9.87. The van der Waals surface area contributed by atoms with E-state index < -0.39 is 21.3 Å². The Morgan fingerprint density at radius 3 is 1.40 bits per heavy atom. The first kappa shape index (κ1) is 35.4. The van der Waals surface area contributed by atoms with Crippen LogP contribution in [0.3, 0.4) is 0 Å². The Morgan fingerprint density at radius 2 is 0.965 bits per heavy atom. The minimum atomic E-state index is -4.46. The first-order valence-corrected chi connectivity index (χ1v) is 20.8. The minimum absolute atomic E-state index is 0.181. The zero-order valence-corrected chi connectivity index (χ0v) is 31.9. The second-order valence-electron chi connectivity index (χ2n) is 14.8. The van der Waals surface area contributed by atoms with E-state index in [0.717, 1.165) is 22.2 Å². The average Bonchev–Trinajstić information content (AvgIpc) is 4.08. The molecule has 4 aromatic heterocycles. The van der Waals surface area contributed by atoms with Crippen LogP contribution in [-0.4, -0.2) is 70.3 Å². The summed E-state index contributed by atoms with van der Waals surface area (Å²) in [5.41, 5.74) is 2.06. The summed E-state index contributed by atoms with van der Waals surface area (Å²) in [5.74, 6) is 2.06. The predicted molar refractivity (Wildman–Crippen MR) is 211 cm³/mol. The molecule has 2 N–H and O–H groups in total. The fourth-order valence-electron chi connectivity index (χ4n) is 8.61. The van der Waals surface area contributed by atoms with Gasteiger partial charge in [0.05, 0.1) is 34.9 Å². The van der Waals surface area contributed by atoms with Gasteiger partial charge < -0.3 is 19.0 Å². The molecule has 2 saturated heterocycles. The van der Waals surface area contributed by atoms with Crippen LogP contribution in [0, 0.1) is 0 Å². The Morgan fingerprint density at radius 1 is 0.544 bits per heavy atom. The van der Waals surface area contributed by atoms with Crippen LogP contribution in [0.1, 0.15) is 84.7 Å². The SMILES string of the molecule is O=S(=O)(N1CCCC[C@@]1(c1noc(Cc2ccccc2)n1)c1nc2ccccc2[nH]1)N1CCCC[C@@]1(c1noc(Cc2ccccc2)n1)c1nc2ccccc2[nH]1. The highest BCUT2D eigenvalue weighted by Gasteiger charge is 2.60. The molecule has 6 heterocycles. The lowest BCUT2D eigenvalue weighted by Gasteiger charge is -2.49. The smallest absolute Gasteiger partial charge is 0.284 e. The number of fused-ring (bicyclic) bond motifs is 2. The lowest BCUT2D eigenvalue weighted by molar-refractivity contribution is 0.101. The van der Waals surface area contributed by atoms with Crippen molar-refractivity contribution in [1.82, 2.24) is 48.8 Å². The van der Waals surface area contributed by atoms with Crippen molar-refractivity contribution in [3.63, 3.8) is 0 Å². The lowest BCUT2D eigenvalue weighted by Crippen LogP contribution is -2.63. The van der Waals surface area contributed by atoms with Crippen molar-refractivity contribution in [3.8, 4) is 0 Å². The molecule has 0 aliphatic carbocycles. The number of imidazole rings is 2. The van der Waals surface area contributed by atoms with E-state index in [9.17, 15) is 0 Å². The molecule has 2 aliphatic rings. The highest BCUT2D eigenvalue weighted by atomic mass is 32.2. The molecule has 2 fully saturated rings. The standard InChI is InChI=1S/C42H40N10O4S/c53-57(54,51-25-13-11-23-41(51,37-43-31-19-7-8-20-32(31)44-37)39-47-35(55-49-39)27-29-15-3-1-4-16-29)52-26-14-12-24-42(52,38-45-33-21-9-10-22-34(33)46-38)40-48-36(56-50-40)28-30-17-5-2-6-18-30/h1-10,15-22H,11-14,23-28H2,(H,43,44)(H,45,46)/t41-,42-/m0/s1. The molecule has 0 unspecified atom stereocenters. The van der Waals surface area contributed by atoms with Gasteiger partial charge in [-0.2, -0.15) is 27.0 Å². The molecule has 0 saturated carbocycles. The zero-order valence-electron chi connectivity index (χ0n) is 31.1. The van der Waals surface area contributed by atoms with E-state index in [4.69, 9.17) is 29.0 Å². The maximum absolute atomic E-state index is 16.1. The molecule has 57 heavy (non-hydrogen) atoms. The number of para-hydroxylation sites is 4. The van der Waals surface area contributed by atoms with E-state index in [-0.39, 0.29) is 24.7 Å². The maximum Gasteiger partial charge on any atom is 0.284 e. The van der Waals surface area contributed by atoms with Crippen molar-refractivity contribution in [2.45, 2.75) is 62.4 Å². The highest BCUT2D eigenvalue weighted by molar-refractivity contribution is 7.86. The number of benzene rings is 4. The number of H-pyrrole nitrogens is 2. The van der Waals surface area contributed by atoms with Crippen molar-refractivity contribution >= 4 is 32.3 Å². The number of hydrogen-bond acceptors (Lipinski definition) is 10. The fourth-order valence-corrected chi connectivity index (χ4v) is 10.9. The van der Waals surface area contributed by atoms with E-state index in [1.54, 1.807) is 0 Å². The van der Waals surface area contributed by atoms with E-state index in [1.807, 2.05) is 109 Å². The summed E-state index contributed by atoms with van der Waals surface area (Å²) in [6.07, 6.45) is 4.15. The first-order valence-electron chi connectivity index (χ1n) is 19.4. The minimum Gasteiger partial charge on any atom is -0.340 e. The van der Waals surface area contributed by atoms with Crippen LogP contribution in [0.25, 0.3) is 22.1 Å². The van der Waals surface area contributed by atoms with Crippen molar-refractivity contribution in [1.29, 1.82) is 0 Å². The van der Waals surface area contributed by atoms with Gasteiger partial charge in [-0.15, -0.1) is 0 Å². The molecule has 2 atom stereocenters. The third kappa shape index (κ3) is 6.04. The molecule has 15 heteroatoms. The van der Waals surface area contributed by atoms with Crippen LogP contribution in [-0.2, 0) is 34.1 Å². The maximum atomic E-state index is 16.1. The summed E-state index contributed by atoms with van der Waals surface area (Å²) < 4.78 is 47.1. The predicted octanol–water partition coefficient (Wildman–Crippen LogP) is 6.79. The van der Waals surface area contributed by atoms with Gasteiger partial charge in [0.15, 0.2) is 11.1 Å². The van der Waals surface area contributed by atoms with E-state index in [0.29, 0.717) is 85.8 Å². The largest absolute Gasteiger partial charge is 0.340 e. The Balaban J connectivity index is 1.15. The molecule has 2 aliphatic heterocycles. The van der Waals surface area contributed by atoms with Gasteiger partial charge >= 0.3 is 0 Å². The summed E-state index contributed by atoms with van der Waals surface area (Å²) in [7, 11) is -4.46. The third-order valence-corrected chi connectivity index (χ3v) is 13.4. The van der Waals surface area contributed by atoms with Crippen LogP contribution >= 0.6 is 0 Å². The second-order valence-corrected chi connectivity index (χ2v) is 16.6. The highest BCUT2D eigenvalue weighted by Crippen LogP contribution is 2.49. The quantitative estimate of drug-likeness (QED) is 0.150. The Hall–Kier alpha value is -6.03. The molecule has 288 valence electrons. The van der Waals surface area contributed by atoms with Gasteiger partial charge in [-0.05, 0) is 73.9 Å². The molecular formula is C42H40N10O4S. The molecule has 10 rings (SSSR count). The monoisotopic (exact) mass is 780 g/mol. The third-order valence-electron chi connectivity index (χ3n) is 11.3. The normalized spacial score (nSPS) is 21.1. The molecule has 0 radical (unpaired) electrons. The molecule has 8 aromatic rings. The molecule has 4 aromatic carbocycles. The molecular weight excluding hydrogens is 741 g/mol. The Labute approximate surface area is 328 Å². The fraction of sp³-hybridized carbons (Fsp3) is 0.286. The van der Waals surface area contributed by atoms with Crippen LogP contribution in [0.4, 0.5) is 0 Å². The molecule has 0 spiro atoms. The van der Waals surface area contributed by atoms with Gasteiger partial charge in [0.2, 0.25) is 23.4 Å². The van der Waals surface area contributed by atoms with Crippen LogP contribution < -0.4 is 0 Å². The van der Waals surface area contributed by atoms with Gasteiger partial charge in [0.1, 0.15) is 11.6 Å². The summed E-state index contributed by atoms with van der Waals surface area (Å²) in [5, 5.41) is 9.12. The number of piperidine rings is 2. The van der Waals surface area contributed by atoms with Crippen molar-refractivity contribution in [2.75, 3.05) is 13.1 Å².